The van der Waals surface area contributed by atoms with Crippen molar-refractivity contribution >= 4 is 0 Å². The molecule has 15 heavy (non-hydrogen) atoms. The van der Waals surface area contributed by atoms with Crippen LogP contribution in [0.2, 0.25) is 0 Å². The molecular formula is C12H19NO2. The molecule has 0 amide bonds. The summed E-state index contributed by atoms with van der Waals surface area (Å²) in [6.45, 7) is 5.79. The topological polar surface area (TPSA) is 66.5 Å². The largest absolute Gasteiger partial charge is 0.508 e. The third-order valence-electron chi connectivity index (χ3n) is 2.48. The number of benzene rings is 1. The maximum absolute atomic E-state index is 9.99. The molecule has 1 rings (SSSR count). The van der Waals surface area contributed by atoms with E-state index in [2.05, 4.69) is 0 Å². The summed E-state index contributed by atoms with van der Waals surface area (Å²) >= 11 is 0. The maximum atomic E-state index is 9.99. The van der Waals surface area contributed by atoms with Crippen LogP contribution in [0.5, 0.6) is 5.75 Å². The minimum absolute atomic E-state index is 0.170. The first-order valence-electron chi connectivity index (χ1n) is 5.05. The Morgan fingerprint density at radius 3 is 2.33 bits per heavy atom. The molecule has 4 N–H and O–H groups in total. The van der Waals surface area contributed by atoms with Crippen LogP contribution in [0.3, 0.4) is 0 Å². The highest BCUT2D eigenvalue weighted by molar-refractivity contribution is 5.30. The Balaban J connectivity index is 2.90. The van der Waals surface area contributed by atoms with Crippen molar-refractivity contribution in [3.8, 4) is 5.75 Å². The van der Waals surface area contributed by atoms with E-state index in [1.165, 1.54) is 0 Å². The second-order valence-electron chi connectivity index (χ2n) is 4.93. The Morgan fingerprint density at radius 2 is 1.87 bits per heavy atom. The molecule has 0 radical (unpaired) electrons. The van der Waals surface area contributed by atoms with Crippen molar-refractivity contribution in [3.63, 3.8) is 0 Å². The molecule has 1 aromatic rings. The van der Waals surface area contributed by atoms with Gasteiger partial charge in [0.15, 0.2) is 0 Å². The van der Waals surface area contributed by atoms with E-state index in [1.54, 1.807) is 24.3 Å². The first-order chi connectivity index (χ1) is 6.82. The van der Waals surface area contributed by atoms with Crippen LogP contribution in [0, 0.1) is 5.41 Å². The molecule has 84 valence electrons. The average molecular weight is 209 g/mol. The van der Waals surface area contributed by atoms with Crippen molar-refractivity contribution in [2.75, 3.05) is 0 Å². The summed E-state index contributed by atoms with van der Waals surface area (Å²) in [5, 5.41) is 19.3. The molecule has 0 unspecified atom stereocenters. The van der Waals surface area contributed by atoms with Crippen LogP contribution in [-0.4, -0.2) is 16.3 Å². The van der Waals surface area contributed by atoms with Gasteiger partial charge in [-0.15, -0.1) is 0 Å². The lowest BCUT2D eigenvalue weighted by molar-refractivity contribution is 0.0400. The minimum Gasteiger partial charge on any atom is -0.508 e. The van der Waals surface area contributed by atoms with Crippen molar-refractivity contribution in [1.29, 1.82) is 0 Å². The molecule has 0 saturated heterocycles. The van der Waals surface area contributed by atoms with Crippen molar-refractivity contribution in [2.45, 2.75) is 32.9 Å². The van der Waals surface area contributed by atoms with Gasteiger partial charge in [0.2, 0.25) is 0 Å². The predicted octanol–water partition coefficient (Wildman–Crippen LogP) is 1.80. The van der Waals surface area contributed by atoms with Gasteiger partial charge in [-0.05, 0) is 23.1 Å². The monoisotopic (exact) mass is 209 g/mol. The van der Waals surface area contributed by atoms with Gasteiger partial charge >= 0.3 is 0 Å². The van der Waals surface area contributed by atoms with Crippen LogP contribution in [0.15, 0.2) is 24.3 Å². The minimum atomic E-state index is -0.640. The van der Waals surface area contributed by atoms with Gasteiger partial charge in [-0.25, -0.2) is 0 Å². The first kappa shape index (κ1) is 12.0. The van der Waals surface area contributed by atoms with Crippen LogP contribution in [0.1, 0.15) is 32.4 Å². The third-order valence-corrected chi connectivity index (χ3v) is 2.48. The molecule has 0 aromatic heterocycles. The summed E-state index contributed by atoms with van der Waals surface area (Å²) in [4.78, 5) is 0. The summed E-state index contributed by atoms with van der Waals surface area (Å²) < 4.78 is 0. The lowest BCUT2D eigenvalue weighted by Gasteiger charge is -2.31. The lowest BCUT2D eigenvalue weighted by Crippen LogP contribution is -2.36. The maximum Gasteiger partial charge on any atom is 0.115 e. The summed E-state index contributed by atoms with van der Waals surface area (Å²) in [5.41, 5.74) is 6.41. The molecule has 2 atom stereocenters. The fraction of sp³-hybridized carbons (Fsp3) is 0.500. The summed E-state index contributed by atoms with van der Waals surface area (Å²) in [5.74, 6) is 0.170. The van der Waals surface area contributed by atoms with Gasteiger partial charge in [0.25, 0.3) is 0 Å². The molecule has 0 saturated carbocycles. The molecule has 0 aliphatic rings. The van der Waals surface area contributed by atoms with E-state index in [1.807, 2.05) is 20.8 Å². The standard InChI is InChI=1S/C12H19NO2/c1-12(2,3)11(15)10(13)8-5-4-6-9(14)7-8/h4-7,10-11,14-15H,13H2,1-3H3/t10-,11-/m0/s1. The van der Waals surface area contributed by atoms with E-state index in [9.17, 15) is 10.2 Å². The van der Waals surface area contributed by atoms with Crippen LogP contribution in [-0.2, 0) is 0 Å². The molecule has 0 fully saturated rings. The number of nitrogens with two attached hydrogens (primary N) is 1. The summed E-state index contributed by atoms with van der Waals surface area (Å²) in [7, 11) is 0. The van der Waals surface area contributed by atoms with Crippen LogP contribution in [0.4, 0.5) is 0 Å². The molecule has 0 heterocycles. The van der Waals surface area contributed by atoms with Crippen LogP contribution < -0.4 is 5.73 Å². The van der Waals surface area contributed by atoms with Gasteiger partial charge in [0, 0.05) is 0 Å². The molecule has 0 aliphatic carbocycles. The highest BCUT2D eigenvalue weighted by Crippen LogP contribution is 2.29. The Bertz CT molecular complexity index is 331. The van der Waals surface area contributed by atoms with Gasteiger partial charge in [-0.3, -0.25) is 0 Å². The number of phenols is 1. The van der Waals surface area contributed by atoms with E-state index in [4.69, 9.17) is 5.73 Å². The Hall–Kier alpha value is -1.06. The van der Waals surface area contributed by atoms with E-state index < -0.39 is 12.1 Å². The first-order valence-corrected chi connectivity index (χ1v) is 5.05. The van der Waals surface area contributed by atoms with Gasteiger partial charge < -0.3 is 15.9 Å². The fourth-order valence-electron chi connectivity index (χ4n) is 1.45. The van der Waals surface area contributed by atoms with E-state index in [0.717, 1.165) is 5.56 Å². The van der Waals surface area contributed by atoms with Crippen molar-refractivity contribution in [2.24, 2.45) is 11.1 Å². The smallest absolute Gasteiger partial charge is 0.115 e. The number of hydrogen-bond donors (Lipinski definition) is 3. The SMILES string of the molecule is CC(C)(C)[C@@H](O)[C@@H](N)c1cccc(O)c1. The number of phenolic OH excluding ortho intramolecular Hbond substituents is 1. The zero-order valence-corrected chi connectivity index (χ0v) is 9.44. The Labute approximate surface area is 90.5 Å². The zero-order chi connectivity index (χ0) is 11.6. The van der Waals surface area contributed by atoms with Gasteiger partial charge in [-0.1, -0.05) is 32.9 Å². The lowest BCUT2D eigenvalue weighted by atomic mass is 9.82. The zero-order valence-electron chi connectivity index (χ0n) is 9.44. The third kappa shape index (κ3) is 2.94. The Morgan fingerprint density at radius 1 is 1.27 bits per heavy atom. The van der Waals surface area contributed by atoms with Crippen molar-refractivity contribution < 1.29 is 10.2 Å². The number of aliphatic hydroxyl groups excluding tert-OH is 1. The number of aliphatic hydroxyl groups is 1. The predicted molar refractivity (Wildman–Crippen MR) is 60.5 cm³/mol. The summed E-state index contributed by atoms with van der Waals surface area (Å²) in [6.07, 6.45) is -0.640. The van der Waals surface area contributed by atoms with Gasteiger partial charge in [0.1, 0.15) is 5.75 Å². The van der Waals surface area contributed by atoms with Crippen molar-refractivity contribution in [1.82, 2.24) is 0 Å². The van der Waals surface area contributed by atoms with E-state index in [0.29, 0.717) is 0 Å². The quantitative estimate of drug-likeness (QED) is 0.695. The second kappa shape index (κ2) is 4.21. The molecule has 0 aliphatic heterocycles. The summed E-state index contributed by atoms with van der Waals surface area (Å²) in [6, 6.07) is 6.22. The average Bonchev–Trinajstić information content (AvgIpc) is 2.14. The van der Waals surface area contributed by atoms with Crippen molar-refractivity contribution in [3.05, 3.63) is 29.8 Å². The van der Waals surface area contributed by atoms with Gasteiger partial charge in [0.05, 0.1) is 12.1 Å². The molecule has 1 aromatic carbocycles. The molecule has 3 heteroatoms. The Kier molecular flexibility index (Phi) is 3.37. The van der Waals surface area contributed by atoms with Crippen LogP contribution >= 0.6 is 0 Å². The second-order valence-corrected chi connectivity index (χ2v) is 4.93. The van der Waals surface area contributed by atoms with E-state index in [-0.39, 0.29) is 11.2 Å². The van der Waals surface area contributed by atoms with Crippen LogP contribution in [0.25, 0.3) is 0 Å². The van der Waals surface area contributed by atoms with E-state index >= 15 is 0 Å². The number of aromatic hydroxyl groups is 1. The highest BCUT2D eigenvalue weighted by atomic mass is 16.3. The van der Waals surface area contributed by atoms with Gasteiger partial charge in [-0.2, -0.15) is 0 Å². The molecular weight excluding hydrogens is 190 g/mol. The number of hydrogen-bond acceptors (Lipinski definition) is 3. The highest BCUT2D eigenvalue weighted by Gasteiger charge is 2.28. The molecule has 0 bridgehead atoms. The molecule has 3 nitrogen and oxygen atoms in total. The fourth-order valence-corrected chi connectivity index (χ4v) is 1.45. The normalized spacial score (nSPS) is 16.1. The molecule has 0 spiro atoms. The number of rotatable bonds is 2.